The molecule has 0 aromatic rings. The Bertz CT molecular complexity index is 121. The van der Waals surface area contributed by atoms with Crippen molar-refractivity contribution in [2.45, 2.75) is 32.6 Å². The van der Waals surface area contributed by atoms with Crippen molar-refractivity contribution in [1.29, 1.82) is 0 Å². The first-order valence-corrected chi connectivity index (χ1v) is 4.18. The van der Waals surface area contributed by atoms with Gasteiger partial charge in [0.1, 0.15) is 0 Å². The van der Waals surface area contributed by atoms with Gasteiger partial charge in [0.2, 0.25) is 5.91 Å². The molecule has 2 nitrogen and oxygen atoms in total. The molecular formula is C9H17NO. The first kappa shape index (κ1) is 10.2. The second-order valence-electron chi connectivity index (χ2n) is 2.49. The van der Waals surface area contributed by atoms with Crippen LogP contribution in [0.4, 0.5) is 0 Å². The molecule has 1 N–H and O–H groups in total. The minimum atomic E-state index is 0.142. The molecule has 0 radical (unpaired) electrons. The van der Waals surface area contributed by atoms with Gasteiger partial charge in [-0.25, -0.2) is 0 Å². The summed E-state index contributed by atoms with van der Waals surface area (Å²) in [5.74, 6) is 0.142. The highest BCUT2D eigenvalue weighted by molar-refractivity contribution is 5.75. The summed E-state index contributed by atoms with van der Waals surface area (Å²) in [5.41, 5.74) is 0. The number of hydrogen-bond acceptors (Lipinski definition) is 1. The molecule has 0 heterocycles. The van der Waals surface area contributed by atoms with Crippen LogP contribution < -0.4 is 5.32 Å². The largest absolute Gasteiger partial charge is 0.356 e. The van der Waals surface area contributed by atoms with Crippen LogP contribution >= 0.6 is 0 Å². The van der Waals surface area contributed by atoms with Gasteiger partial charge in [0.05, 0.1) is 0 Å². The molecule has 0 aliphatic heterocycles. The zero-order valence-corrected chi connectivity index (χ0v) is 7.23. The topological polar surface area (TPSA) is 29.1 Å². The summed E-state index contributed by atoms with van der Waals surface area (Å²) >= 11 is 0. The lowest BCUT2D eigenvalue weighted by atomic mass is 10.2. The standard InChI is InChI=1S/C9H17NO/c1-3-5-6-7-8-10-9(11)4-2/h3H,1,4-8H2,2H3,(H,10,11). The molecule has 64 valence electrons. The maximum absolute atomic E-state index is 10.7. The summed E-state index contributed by atoms with van der Waals surface area (Å²) in [5, 5.41) is 2.82. The molecule has 0 spiro atoms. The maximum atomic E-state index is 10.7. The van der Waals surface area contributed by atoms with Gasteiger partial charge in [-0.1, -0.05) is 13.0 Å². The lowest BCUT2D eigenvalue weighted by Crippen LogP contribution is -2.22. The molecule has 0 rings (SSSR count). The second-order valence-corrected chi connectivity index (χ2v) is 2.49. The van der Waals surface area contributed by atoms with Crippen molar-refractivity contribution in [2.75, 3.05) is 6.54 Å². The highest BCUT2D eigenvalue weighted by atomic mass is 16.1. The molecule has 0 bridgehead atoms. The van der Waals surface area contributed by atoms with Crippen LogP contribution in [0.1, 0.15) is 32.6 Å². The highest BCUT2D eigenvalue weighted by Gasteiger charge is 1.93. The van der Waals surface area contributed by atoms with Crippen molar-refractivity contribution in [3.8, 4) is 0 Å². The third-order valence-corrected chi connectivity index (χ3v) is 1.48. The number of allylic oxidation sites excluding steroid dienone is 1. The number of hydrogen-bond donors (Lipinski definition) is 1. The van der Waals surface area contributed by atoms with E-state index in [-0.39, 0.29) is 5.91 Å². The van der Waals surface area contributed by atoms with E-state index in [1.165, 1.54) is 0 Å². The Morgan fingerprint density at radius 2 is 2.27 bits per heavy atom. The SMILES string of the molecule is C=CCCCCNC(=O)CC. The number of carbonyl (C=O) groups excluding carboxylic acids is 1. The van der Waals surface area contributed by atoms with Gasteiger partial charge in [0, 0.05) is 13.0 Å². The first-order valence-electron chi connectivity index (χ1n) is 4.18. The summed E-state index contributed by atoms with van der Waals surface area (Å²) < 4.78 is 0. The minimum absolute atomic E-state index is 0.142. The van der Waals surface area contributed by atoms with Crippen molar-refractivity contribution in [3.63, 3.8) is 0 Å². The summed E-state index contributed by atoms with van der Waals surface area (Å²) in [4.78, 5) is 10.7. The predicted octanol–water partition coefficient (Wildman–Crippen LogP) is 1.87. The number of amides is 1. The van der Waals surface area contributed by atoms with E-state index in [0.29, 0.717) is 6.42 Å². The van der Waals surface area contributed by atoms with Gasteiger partial charge in [-0.2, -0.15) is 0 Å². The smallest absolute Gasteiger partial charge is 0.219 e. The zero-order valence-electron chi connectivity index (χ0n) is 7.23. The van der Waals surface area contributed by atoms with E-state index in [2.05, 4.69) is 11.9 Å². The van der Waals surface area contributed by atoms with Gasteiger partial charge in [-0.15, -0.1) is 6.58 Å². The Morgan fingerprint density at radius 1 is 1.55 bits per heavy atom. The molecule has 2 heteroatoms. The predicted molar refractivity (Wildman–Crippen MR) is 47.3 cm³/mol. The van der Waals surface area contributed by atoms with Crippen LogP contribution in [0.15, 0.2) is 12.7 Å². The van der Waals surface area contributed by atoms with E-state index >= 15 is 0 Å². The number of carbonyl (C=O) groups is 1. The van der Waals surface area contributed by atoms with Crippen molar-refractivity contribution in [1.82, 2.24) is 5.32 Å². The monoisotopic (exact) mass is 155 g/mol. The van der Waals surface area contributed by atoms with Crippen LogP contribution in [0.5, 0.6) is 0 Å². The van der Waals surface area contributed by atoms with Crippen LogP contribution in [0.3, 0.4) is 0 Å². The van der Waals surface area contributed by atoms with Crippen LogP contribution in [0.2, 0.25) is 0 Å². The van der Waals surface area contributed by atoms with Crippen molar-refractivity contribution in [2.24, 2.45) is 0 Å². The van der Waals surface area contributed by atoms with E-state index in [0.717, 1.165) is 25.8 Å². The van der Waals surface area contributed by atoms with Crippen molar-refractivity contribution >= 4 is 5.91 Å². The van der Waals surface area contributed by atoms with Crippen LogP contribution in [0, 0.1) is 0 Å². The molecule has 0 unspecified atom stereocenters. The van der Waals surface area contributed by atoms with Gasteiger partial charge >= 0.3 is 0 Å². The van der Waals surface area contributed by atoms with Crippen LogP contribution in [-0.4, -0.2) is 12.5 Å². The summed E-state index contributed by atoms with van der Waals surface area (Å²) in [6, 6.07) is 0. The molecule has 0 fully saturated rings. The fraction of sp³-hybridized carbons (Fsp3) is 0.667. The van der Waals surface area contributed by atoms with Crippen molar-refractivity contribution in [3.05, 3.63) is 12.7 Å². The Balaban J connectivity index is 3.01. The molecule has 11 heavy (non-hydrogen) atoms. The van der Waals surface area contributed by atoms with Gasteiger partial charge < -0.3 is 5.32 Å². The van der Waals surface area contributed by atoms with Gasteiger partial charge in [0.25, 0.3) is 0 Å². The Kier molecular flexibility index (Phi) is 6.79. The molecule has 0 aliphatic carbocycles. The van der Waals surface area contributed by atoms with E-state index < -0.39 is 0 Å². The second kappa shape index (κ2) is 7.32. The van der Waals surface area contributed by atoms with E-state index in [4.69, 9.17) is 0 Å². The third-order valence-electron chi connectivity index (χ3n) is 1.48. The summed E-state index contributed by atoms with van der Waals surface area (Å²) in [6.45, 7) is 6.29. The van der Waals surface area contributed by atoms with Gasteiger partial charge in [0.15, 0.2) is 0 Å². The fourth-order valence-electron chi connectivity index (χ4n) is 0.766. The molecule has 0 atom stereocenters. The summed E-state index contributed by atoms with van der Waals surface area (Å²) in [7, 11) is 0. The highest BCUT2D eigenvalue weighted by Crippen LogP contribution is 1.93. The molecule has 0 saturated heterocycles. The summed E-state index contributed by atoms with van der Waals surface area (Å²) in [6.07, 6.45) is 5.70. The molecule has 1 amide bonds. The van der Waals surface area contributed by atoms with E-state index in [1.54, 1.807) is 0 Å². The molecular weight excluding hydrogens is 138 g/mol. The molecule has 0 saturated carbocycles. The fourth-order valence-corrected chi connectivity index (χ4v) is 0.766. The first-order chi connectivity index (χ1) is 5.31. The zero-order chi connectivity index (χ0) is 8.53. The average Bonchev–Trinajstić information content (AvgIpc) is 2.04. The molecule has 0 aromatic carbocycles. The van der Waals surface area contributed by atoms with E-state index in [1.807, 2.05) is 13.0 Å². The normalized spacial score (nSPS) is 9.18. The van der Waals surface area contributed by atoms with Crippen LogP contribution in [0.25, 0.3) is 0 Å². The third kappa shape index (κ3) is 7.10. The van der Waals surface area contributed by atoms with Crippen molar-refractivity contribution < 1.29 is 4.79 Å². The molecule has 0 aromatic heterocycles. The Morgan fingerprint density at radius 3 is 2.82 bits per heavy atom. The number of unbranched alkanes of at least 4 members (excludes halogenated alkanes) is 2. The Labute approximate surface area is 68.7 Å². The minimum Gasteiger partial charge on any atom is -0.356 e. The Hall–Kier alpha value is -0.790. The number of rotatable bonds is 6. The van der Waals surface area contributed by atoms with Crippen LogP contribution in [-0.2, 0) is 4.79 Å². The quantitative estimate of drug-likeness (QED) is 0.460. The molecule has 0 aliphatic rings. The maximum Gasteiger partial charge on any atom is 0.219 e. The number of nitrogens with one attached hydrogen (secondary N) is 1. The van der Waals surface area contributed by atoms with Gasteiger partial charge in [-0.05, 0) is 19.3 Å². The van der Waals surface area contributed by atoms with E-state index in [9.17, 15) is 4.79 Å². The lowest BCUT2D eigenvalue weighted by Gasteiger charge is -2.00. The van der Waals surface area contributed by atoms with Gasteiger partial charge in [-0.3, -0.25) is 4.79 Å². The lowest BCUT2D eigenvalue weighted by molar-refractivity contribution is -0.120. The average molecular weight is 155 g/mol.